The second-order valence-electron chi connectivity index (χ2n) is 4.79. The second kappa shape index (κ2) is 9.01. The number of aliphatic carboxylic acids is 1. The van der Waals surface area contributed by atoms with Gasteiger partial charge in [0.1, 0.15) is 5.76 Å². The lowest BCUT2D eigenvalue weighted by molar-refractivity contribution is -0.137. The molecule has 0 spiro atoms. The van der Waals surface area contributed by atoms with Crippen LogP contribution in [0.5, 0.6) is 0 Å². The first-order valence-electron chi connectivity index (χ1n) is 6.86. The van der Waals surface area contributed by atoms with Crippen molar-refractivity contribution >= 4 is 12.0 Å². The van der Waals surface area contributed by atoms with Crippen molar-refractivity contribution in [1.29, 1.82) is 0 Å². The third-order valence-corrected chi connectivity index (χ3v) is 2.82. The van der Waals surface area contributed by atoms with Crippen molar-refractivity contribution in [2.75, 3.05) is 6.54 Å². The van der Waals surface area contributed by atoms with E-state index in [1.54, 1.807) is 6.26 Å². The van der Waals surface area contributed by atoms with Crippen LogP contribution in [0.2, 0.25) is 0 Å². The Morgan fingerprint density at radius 3 is 2.80 bits per heavy atom. The zero-order valence-corrected chi connectivity index (χ0v) is 11.7. The fourth-order valence-corrected chi connectivity index (χ4v) is 1.84. The maximum atomic E-state index is 11.6. The van der Waals surface area contributed by atoms with Crippen LogP contribution in [0.3, 0.4) is 0 Å². The molecule has 1 heterocycles. The van der Waals surface area contributed by atoms with Gasteiger partial charge in [-0.2, -0.15) is 0 Å². The predicted octanol–water partition coefficient (Wildman–Crippen LogP) is 2.15. The number of unbranched alkanes of at least 4 members (excludes halogenated alkanes) is 2. The van der Waals surface area contributed by atoms with Gasteiger partial charge in [0.2, 0.25) is 0 Å². The number of nitrogens with one attached hydrogen (secondary N) is 2. The Balaban J connectivity index is 2.03. The number of urea groups is 1. The topological polar surface area (TPSA) is 91.6 Å². The maximum absolute atomic E-state index is 11.6. The number of hydrogen-bond donors (Lipinski definition) is 3. The number of carbonyl (C=O) groups excluding carboxylic acids is 1. The summed E-state index contributed by atoms with van der Waals surface area (Å²) in [6, 6.07) is 3.48. The fourth-order valence-electron chi connectivity index (χ4n) is 1.84. The number of furan rings is 1. The number of rotatable bonds is 9. The van der Waals surface area contributed by atoms with Gasteiger partial charge < -0.3 is 20.2 Å². The van der Waals surface area contributed by atoms with Gasteiger partial charge in [-0.3, -0.25) is 4.79 Å². The van der Waals surface area contributed by atoms with Crippen LogP contribution in [0.1, 0.15) is 38.4 Å². The second-order valence-corrected chi connectivity index (χ2v) is 4.79. The van der Waals surface area contributed by atoms with Gasteiger partial charge in [0, 0.05) is 25.4 Å². The molecule has 6 nitrogen and oxygen atoms in total. The standard InChI is InChI=1S/C14H22N2O4/c1-11(10-12-6-5-9-20-12)16-14(19)15-8-4-2-3-7-13(17)18/h5-6,9,11H,2-4,7-8,10H2,1H3,(H,17,18)(H2,15,16,19). The quantitative estimate of drug-likeness (QED) is 0.605. The van der Waals surface area contributed by atoms with E-state index in [1.807, 2.05) is 19.1 Å². The van der Waals surface area contributed by atoms with Crippen LogP contribution in [0.4, 0.5) is 4.79 Å². The first kappa shape index (κ1) is 16.1. The van der Waals surface area contributed by atoms with Crippen molar-refractivity contribution in [3.8, 4) is 0 Å². The first-order chi connectivity index (χ1) is 9.58. The molecule has 0 fully saturated rings. The zero-order chi connectivity index (χ0) is 14.8. The van der Waals surface area contributed by atoms with Crippen molar-refractivity contribution in [1.82, 2.24) is 10.6 Å². The summed E-state index contributed by atoms with van der Waals surface area (Å²) in [6.07, 6.45) is 4.68. The van der Waals surface area contributed by atoms with Crippen LogP contribution in [-0.4, -0.2) is 29.7 Å². The molecule has 20 heavy (non-hydrogen) atoms. The lowest BCUT2D eigenvalue weighted by Gasteiger charge is -2.13. The van der Waals surface area contributed by atoms with Crippen LogP contribution in [0, 0.1) is 0 Å². The largest absolute Gasteiger partial charge is 0.481 e. The lowest BCUT2D eigenvalue weighted by atomic mass is 10.2. The monoisotopic (exact) mass is 282 g/mol. The van der Waals surface area contributed by atoms with Crippen molar-refractivity contribution in [2.24, 2.45) is 0 Å². The van der Waals surface area contributed by atoms with E-state index >= 15 is 0 Å². The van der Waals surface area contributed by atoms with E-state index in [1.165, 1.54) is 0 Å². The van der Waals surface area contributed by atoms with E-state index < -0.39 is 5.97 Å². The molecule has 1 aromatic rings. The fraction of sp³-hybridized carbons (Fsp3) is 0.571. The minimum absolute atomic E-state index is 0.00633. The molecular formula is C14H22N2O4. The Kier molecular flexibility index (Phi) is 7.24. The summed E-state index contributed by atoms with van der Waals surface area (Å²) < 4.78 is 5.21. The van der Waals surface area contributed by atoms with Gasteiger partial charge in [0.25, 0.3) is 0 Å². The molecule has 0 aliphatic rings. The Morgan fingerprint density at radius 1 is 1.35 bits per heavy atom. The molecule has 0 saturated heterocycles. The third kappa shape index (κ3) is 7.45. The van der Waals surface area contributed by atoms with Crippen LogP contribution < -0.4 is 10.6 Å². The van der Waals surface area contributed by atoms with Crippen LogP contribution in [0.15, 0.2) is 22.8 Å². The number of carboxylic acid groups (broad SMARTS) is 1. The molecule has 1 atom stereocenters. The Hall–Kier alpha value is -1.98. The first-order valence-corrected chi connectivity index (χ1v) is 6.86. The highest BCUT2D eigenvalue weighted by Gasteiger charge is 2.08. The van der Waals surface area contributed by atoms with Gasteiger partial charge in [-0.1, -0.05) is 6.42 Å². The van der Waals surface area contributed by atoms with E-state index in [2.05, 4.69) is 10.6 Å². The third-order valence-electron chi connectivity index (χ3n) is 2.82. The molecule has 2 amide bonds. The average molecular weight is 282 g/mol. The minimum atomic E-state index is -0.776. The summed E-state index contributed by atoms with van der Waals surface area (Å²) in [5.41, 5.74) is 0. The van der Waals surface area contributed by atoms with E-state index in [-0.39, 0.29) is 18.5 Å². The van der Waals surface area contributed by atoms with Gasteiger partial charge in [0.15, 0.2) is 0 Å². The summed E-state index contributed by atoms with van der Waals surface area (Å²) in [7, 11) is 0. The van der Waals surface area contributed by atoms with Crippen LogP contribution in [-0.2, 0) is 11.2 Å². The van der Waals surface area contributed by atoms with E-state index in [4.69, 9.17) is 9.52 Å². The van der Waals surface area contributed by atoms with Crippen molar-refractivity contribution in [3.05, 3.63) is 24.2 Å². The van der Waals surface area contributed by atoms with Gasteiger partial charge in [-0.15, -0.1) is 0 Å². The predicted molar refractivity (Wildman–Crippen MR) is 74.5 cm³/mol. The number of carboxylic acids is 1. The number of hydrogen-bond acceptors (Lipinski definition) is 3. The summed E-state index contributed by atoms with van der Waals surface area (Å²) >= 11 is 0. The smallest absolute Gasteiger partial charge is 0.315 e. The molecule has 0 aromatic carbocycles. The van der Waals surface area contributed by atoms with Gasteiger partial charge in [0.05, 0.1) is 6.26 Å². The highest BCUT2D eigenvalue weighted by Crippen LogP contribution is 2.03. The molecule has 1 unspecified atom stereocenters. The molecule has 0 aliphatic heterocycles. The summed E-state index contributed by atoms with van der Waals surface area (Å²) in [4.78, 5) is 21.9. The Bertz CT molecular complexity index is 403. The summed E-state index contributed by atoms with van der Waals surface area (Å²) in [5, 5.41) is 14.1. The molecule has 112 valence electrons. The molecule has 0 bridgehead atoms. The highest BCUT2D eigenvalue weighted by atomic mass is 16.4. The Labute approximate surface area is 118 Å². The van der Waals surface area contributed by atoms with Crippen molar-refractivity contribution in [3.63, 3.8) is 0 Å². The maximum Gasteiger partial charge on any atom is 0.315 e. The number of carbonyl (C=O) groups is 2. The van der Waals surface area contributed by atoms with Gasteiger partial charge in [-0.05, 0) is 31.9 Å². The highest BCUT2D eigenvalue weighted by molar-refractivity contribution is 5.74. The zero-order valence-electron chi connectivity index (χ0n) is 11.7. The van der Waals surface area contributed by atoms with Crippen molar-refractivity contribution in [2.45, 2.75) is 45.1 Å². The molecule has 0 aliphatic carbocycles. The van der Waals surface area contributed by atoms with Crippen LogP contribution >= 0.6 is 0 Å². The summed E-state index contributed by atoms with van der Waals surface area (Å²) in [5.74, 6) is 0.0638. The average Bonchev–Trinajstić information content (AvgIpc) is 2.85. The minimum Gasteiger partial charge on any atom is -0.481 e. The molecule has 1 aromatic heterocycles. The van der Waals surface area contributed by atoms with Crippen LogP contribution in [0.25, 0.3) is 0 Å². The molecule has 6 heteroatoms. The lowest BCUT2D eigenvalue weighted by Crippen LogP contribution is -2.41. The van der Waals surface area contributed by atoms with Crippen molar-refractivity contribution < 1.29 is 19.1 Å². The molecule has 1 rings (SSSR count). The summed E-state index contributed by atoms with van der Waals surface area (Å²) in [6.45, 7) is 2.47. The molecule has 0 radical (unpaired) electrons. The Morgan fingerprint density at radius 2 is 2.15 bits per heavy atom. The van der Waals surface area contributed by atoms with Gasteiger partial charge >= 0.3 is 12.0 Å². The molecular weight excluding hydrogens is 260 g/mol. The molecule has 0 saturated carbocycles. The SMILES string of the molecule is CC(Cc1ccco1)NC(=O)NCCCCCC(=O)O. The normalized spacial score (nSPS) is 11.8. The van der Waals surface area contributed by atoms with E-state index in [9.17, 15) is 9.59 Å². The number of amides is 2. The van der Waals surface area contributed by atoms with E-state index in [0.717, 1.165) is 18.6 Å². The van der Waals surface area contributed by atoms with Gasteiger partial charge in [-0.25, -0.2) is 4.79 Å². The van der Waals surface area contributed by atoms with E-state index in [0.29, 0.717) is 19.4 Å². The molecule has 3 N–H and O–H groups in total.